The number of fused-ring (bicyclic) bond motifs is 4. The van der Waals surface area contributed by atoms with Gasteiger partial charge in [-0.25, -0.2) is 0 Å². The van der Waals surface area contributed by atoms with E-state index in [4.69, 9.17) is 9.47 Å². The standard InChI is InChI=1S/C24H27N3O3S/c1-26-22-17-6-4-5-7-20(17)30-24(19(22)15-25-26)10-12-27(13-11-24)23(28)18-9-8-16(31-3)14-21(18)29-2/h4-6,8-9,14-15,20H,7,10-13H2,1-3H3. The number of aromatic nitrogens is 2. The maximum absolute atomic E-state index is 13.3. The van der Waals surface area contributed by atoms with Crippen molar-refractivity contribution in [1.29, 1.82) is 0 Å². The van der Waals surface area contributed by atoms with E-state index in [1.807, 2.05) is 47.3 Å². The van der Waals surface area contributed by atoms with E-state index in [1.165, 1.54) is 11.3 Å². The van der Waals surface area contributed by atoms with Crippen LogP contribution in [0.4, 0.5) is 0 Å². The summed E-state index contributed by atoms with van der Waals surface area (Å²) in [7, 11) is 3.61. The number of likely N-dealkylation sites (tertiary alicyclic amines) is 1. The van der Waals surface area contributed by atoms with E-state index in [0.29, 0.717) is 24.4 Å². The first-order chi connectivity index (χ1) is 15.1. The number of hydrogen-bond acceptors (Lipinski definition) is 5. The molecule has 2 aliphatic heterocycles. The SMILES string of the molecule is COc1cc(SC)ccc1C(=O)N1CCC2(CC1)OC1CC=CC=C1c1c2cnn1C. The molecule has 1 aromatic carbocycles. The van der Waals surface area contributed by atoms with Crippen LogP contribution in [0.15, 0.2) is 47.5 Å². The summed E-state index contributed by atoms with van der Waals surface area (Å²) in [4.78, 5) is 16.3. The van der Waals surface area contributed by atoms with Gasteiger partial charge in [-0.2, -0.15) is 5.10 Å². The summed E-state index contributed by atoms with van der Waals surface area (Å²) >= 11 is 1.63. The lowest BCUT2D eigenvalue weighted by Crippen LogP contribution is -2.50. The van der Waals surface area contributed by atoms with Crippen molar-refractivity contribution in [1.82, 2.24) is 14.7 Å². The number of carbonyl (C=O) groups excluding carboxylic acids is 1. The molecule has 3 heterocycles. The fraction of sp³-hybridized carbons (Fsp3) is 0.417. The van der Waals surface area contributed by atoms with E-state index >= 15 is 0 Å². The Morgan fingerprint density at radius 1 is 1.32 bits per heavy atom. The molecule has 6 nitrogen and oxygen atoms in total. The number of piperidine rings is 1. The second-order valence-corrected chi connectivity index (χ2v) is 9.16. The Bertz CT molecular complexity index is 1080. The highest BCUT2D eigenvalue weighted by molar-refractivity contribution is 7.98. The Hall–Kier alpha value is -2.51. The summed E-state index contributed by atoms with van der Waals surface area (Å²) in [5.41, 5.74) is 3.77. The van der Waals surface area contributed by atoms with Crippen molar-refractivity contribution in [3.63, 3.8) is 0 Å². The molecule has 2 aromatic rings. The molecule has 1 atom stereocenters. The zero-order valence-corrected chi connectivity index (χ0v) is 18.9. The number of amides is 1. The average molecular weight is 438 g/mol. The van der Waals surface area contributed by atoms with Crippen LogP contribution >= 0.6 is 11.8 Å². The molecule has 0 saturated carbocycles. The molecule has 1 saturated heterocycles. The van der Waals surface area contributed by atoms with Crippen molar-refractivity contribution in [3.05, 3.63) is 59.4 Å². The average Bonchev–Trinajstić information content (AvgIpc) is 3.21. The molecular weight excluding hydrogens is 410 g/mol. The third kappa shape index (κ3) is 3.31. The molecule has 1 unspecified atom stereocenters. The molecule has 1 aliphatic carbocycles. The van der Waals surface area contributed by atoms with E-state index in [-0.39, 0.29) is 17.6 Å². The Kier molecular flexibility index (Phi) is 5.18. The maximum atomic E-state index is 13.3. The van der Waals surface area contributed by atoms with Crippen LogP contribution in [-0.4, -0.2) is 53.1 Å². The largest absolute Gasteiger partial charge is 0.496 e. The van der Waals surface area contributed by atoms with Crippen LogP contribution in [0.5, 0.6) is 5.75 Å². The van der Waals surface area contributed by atoms with Crippen LogP contribution in [-0.2, 0) is 17.4 Å². The maximum Gasteiger partial charge on any atom is 0.257 e. The van der Waals surface area contributed by atoms with E-state index < -0.39 is 0 Å². The van der Waals surface area contributed by atoms with Crippen molar-refractivity contribution in [2.24, 2.45) is 7.05 Å². The molecule has 5 rings (SSSR count). The number of nitrogens with zero attached hydrogens (tertiary/aromatic N) is 3. The number of allylic oxidation sites excluding steroid dienone is 2. The van der Waals surface area contributed by atoms with Gasteiger partial charge in [0.25, 0.3) is 5.91 Å². The van der Waals surface area contributed by atoms with Crippen LogP contribution in [0.3, 0.4) is 0 Å². The lowest BCUT2D eigenvalue weighted by atomic mass is 9.78. The summed E-state index contributed by atoms with van der Waals surface area (Å²) in [5.74, 6) is 0.645. The number of thioether (sulfide) groups is 1. The molecule has 0 N–H and O–H groups in total. The minimum Gasteiger partial charge on any atom is -0.496 e. The number of carbonyl (C=O) groups is 1. The van der Waals surface area contributed by atoms with Gasteiger partial charge < -0.3 is 14.4 Å². The molecular formula is C24H27N3O3S. The van der Waals surface area contributed by atoms with E-state index in [2.05, 4.69) is 23.3 Å². The normalized spacial score (nSPS) is 21.5. The Labute approximate surface area is 186 Å². The third-order valence-electron chi connectivity index (χ3n) is 6.68. The minimum absolute atomic E-state index is 0.0164. The van der Waals surface area contributed by atoms with Gasteiger partial charge in [-0.15, -0.1) is 11.8 Å². The predicted molar refractivity (Wildman–Crippen MR) is 121 cm³/mol. The minimum atomic E-state index is -0.389. The number of methoxy groups -OCH3 is 1. The lowest BCUT2D eigenvalue weighted by molar-refractivity contribution is -0.112. The second kappa shape index (κ2) is 7.88. The van der Waals surface area contributed by atoms with E-state index in [0.717, 1.165) is 29.7 Å². The summed E-state index contributed by atoms with van der Waals surface area (Å²) in [6.07, 6.45) is 12.8. The van der Waals surface area contributed by atoms with Gasteiger partial charge in [-0.3, -0.25) is 9.48 Å². The summed E-state index contributed by atoms with van der Waals surface area (Å²) in [6.45, 7) is 1.28. The fourth-order valence-electron chi connectivity index (χ4n) is 5.00. The second-order valence-electron chi connectivity index (χ2n) is 8.28. The monoisotopic (exact) mass is 437 g/mol. The summed E-state index contributed by atoms with van der Waals surface area (Å²) in [5, 5.41) is 4.55. The first kappa shape index (κ1) is 20.4. The van der Waals surface area contributed by atoms with Gasteiger partial charge in [0.1, 0.15) is 11.4 Å². The third-order valence-corrected chi connectivity index (χ3v) is 7.40. The molecule has 162 valence electrons. The highest BCUT2D eigenvalue weighted by Gasteiger charge is 2.47. The van der Waals surface area contributed by atoms with Gasteiger partial charge in [-0.1, -0.05) is 18.2 Å². The summed E-state index contributed by atoms with van der Waals surface area (Å²) < 4.78 is 14.2. The molecule has 1 aromatic heterocycles. The van der Waals surface area contributed by atoms with Gasteiger partial charge >= 0.3 is 0 Å². The van der Waals surface area contributed by atoms with E-state index in [9.17, 15) is 4.79 Å². The van der Waals surface area contributed by atoms with Crippen LogP contribution < -0.4 is 4.74 Å². The van der Waals surface area contributed by atoms with Gasteiger partial charge in [0.15, 0.2) is 0 Å². The molecule has 31 heavy (non-hydrogen) atoms. The molecule has 1 fully saturated rings. The van der Waals surface area contributed by atoms with Crippen molar-refractivity contribution in [2.75, 3.05) is 26.5 Å². The van der Waals surface area contributed by atoms with Crippen LogP contribution in [0.25, 0.3) is 5.57 Å². The van der Waals surface area contributed by atoms with E-state index in [1.54, 1.807) is 18.9 Å². The first-order valence-electron chi connectivity index (χ1n) is 10.6. The molecule has 7 heteroatoms. The quantitative estimate of drug-likeness (QED) is 0.679. The van der Waals surface area contributed by atoms with Gasteiger partial charge in [0.05, 0.1) is 30.7 Å². The smallest absolute Gasteiger partial charge is 0.257 e. The molecule has 0 radical (unpaired) electrons. The number of aryl methyl sites for hydroxylation is 1. The Balaban J connectivity index is 1.40. The first-order valence-corrected chi connectivity index (χ1v) is 11.9. The zero-order chi connectivity index (χ0) is 21.6. The number of hydrogen-bond donors (Lipinski definition) is 0. The molecule has 1 amide bonds. The predicted octanol–water partition coefficient (Wildman–Crippen LogP) is 4.02. The molecule has 3 aliphatic rings. The molecule has 1 spiro atoms. The number of benzene rings is 1. The Morgan fingerprint density at radius 3 is 2.87 bits per heavy atom. The Morgan fingerprint density at radius 2 is 2.13 bits per heavy atom. The molecule has 0 bridgehead atoms. The topological polar surface area (TPSA) is 56.6 Å². The van der Waals surface area contributed by atoms with Crippen molar-refractivity contribution in [2.45, 2.75) is 35.9 Å². The van der Waals surface area contributed by atoms with Crippen molar-refractivity contribution < 1.29 is 14.3 Å². The summed E-state index contributed by atoms with van der Waals surface area (Å²) in [6, 6.07) is 5.78. The number of rotatable bonds is 3. The highest BCUT2D eigenvalue weighted by Crippen LogP contribution is 2.48. The van der Waals surface area contributed by atoms with Crippen LogP contribution in [0.1, 0.15) is 40.9 Å². The van der Waals surface area contributed by atoms with Crippen molar-refractivity contribution in [3.8, 4) is 5.75 Å². The highest BCUT2D eigenvalue weighted by atomic mass is 32.2. The van der Waals surface area contributed by atoms with Crippen molar-refractivity contribution >= 4 is 23.2 Å². The fourth-order valence-corrected chi connectivity index (χ4v) is 5.43. The van der Waals surface area contributed by atoms with Gasteiger partial charge in [0, 0.05) is 36.2 Å². The lowest BCUT2D eigenvalue weighted by Gasteiger charge is -2.47. The van der Waals surface area contributed by atoms with Crippen LogP contribution in [0, 0.1) is 0 Å². The zero-order valence-electron chi connectivity index (χ0n) is 18.1. The van der Waals surface area contributed by atoms with Gasteiger partial charge in [-0.05, 0) is 43.7 Å². The van der Waals surface area contributed by atoms with Gasteiger partial charge in [0.2, 0.25) is 0 Å². The number of ether oxygens (including phenoxy) is 2. The van der Waals surface area contributed by atoms with Crippen LogP contribution in [0.2, 0.25) is 0 Å².